The summed E-state index contributed by atoms with van der Waals surface area (Å²) >= 11 is 0. The Bertz CT molecular complexity index is 381. The Morgan fingerprint density at radius 2 is 1.68 bits per heavy atom. The Labute approximate surface area is 158 Å². The van der Waals surface area contributed by atoms with Crippen LogP contribution in [-0.2, 0) is 0 Å². The molecular weight excluding hydrogens is 300 g/mol. The molecular formula is C25H44. The molecule has 2 aliphatic carbocycles. The number of hydrogen-bond donors (Lipinski definition) is 0. The first-order valence-electron chi connectivity index (χ1n) is 11.6. The largest absolute Gasteiger partial charge is 0.0917 e. The van der Waals surface area contributed by atoms with Crippen molar-refractivity contribution in [2.75, 3.05) is 0 Å². The van der Waals surface area contributed by atoms with Gasteiger partial charge in [-0.2, -0.15) is 0 Å². The molecule has 0 amide bonds. The van der Waals surface area contributed by atoms with Gasteiger partial charge in [0.2, 0.25) is 0 Å². The van der Waals surface area contributed by atoms with Crippen LogP contribution in [0.5, 0.6) is 0 Å². The van der Waals surface area contributed by atoms with Crippen molar-refractivity contribution in [3.8, 4) is 0 Å². The van der Waals surface area contributed by atoms with Crippen molar-refractivity contribution < 1.29 is 0 Å². The van der Waals surface area contributed by atoms with Crippen LogP contribution in [0.25, 0.3) is 0 Å². The van der Waals surface area contributed by atoms with E-state index in [1.54, 1.807) is 5.57 Å². The molecule has 0 aromatic heterocycles. The summed E-state index contributed by atoms with van der Waals surface area (Å²) in [6.45, 7) is 4.44. The topological polar surface area (TPSA) is 0 Å². The fraction of sp³-hybridized carbons (Fsp3) is 0.840. The van der Waals surface area contributed by atoms with E-state index in [1.807, 2.05) is 0 Å². The molecule has 0 spiro atoms. The minimum absolute atomic E-state index is 1.01. The van der Waals surface area contributed by atoms with Crippen LogP contribution in [0.3, 0.4) is 0 Å². The summed E-state index contributed by atoms with van der Waals surface area (Å²) in [5.74, 6) is 3.13. The van der Waals surface area contributed by atoms with Crippen molar-refractivity contribution in [2.24, 2.45) is 17.8 Å². The maximum atomic E-state index is 2.61. The van der Waals surface area contributed by atoms with Crippen LogP contribution in [-0.4, -0.2) is 0 Å². The Morgan fingerprint density at radius 1 is 0.920 bits per heavy atom. The highest BCUT2D eigenvalue weighted by molar-refractivity contribution is 5.08. The molecule has 1 atom stereocenters. The fourth-order valence-corrected chi connectivity index (χ4v) is 5.16. The maximum Gasteiger partial charge on any atom is -0.0286 e. The third kappa shape index (κ3) is 8.14. The second kappa shape index (κ2) is 12.8. The van der Waals surface area contributed by atoms with Crippen LogP contribution in [0.15, 0.2) is 23.8 Å². The number of rotatable bonds is 11. The van der Waals surface area contributed by atoms with E-state index in [0.29, 0.717) is 0 Å². The highest BCUT2D eigenvalue weighted by atomic mass is 14.3. The summed E-state index contributed by atoms with van der Waals surface area (Å²) in [6, 6.07) is 0. The Hall–Kier alpha value is -0.520. The molecule has 25 heavy (non-hydrogen) atoms. The number of unbranched alkanes of at least 4 members (excludes halogenated alkanes) is 5. The Morgan fingerprint density at radius 3 is 2.36 bits per heavy atom. The molecule has 0 nitrogen and oxygen atoms in total. The maximum absolute atomic E-state index is 2.61. The fourth-order valence-electron chi connectivity index (χ4n) is 5.16. The van der Waals surface area contributed by atoms with E-state index < -0.39 is 0 Å². The smallest absolute Gasteiger partial charge is 0.0286 e. The van der Waals surface area contributed by atoms with Crippen LogP contribution < -0.4 is 0 Å². The van der Waals surface area contributed by atoms with Gasteiger partial charge >= 0.3 is 0 Å². The zero-order valence-electron chi connectivity index (χ0n) is 17.3. The van der Waals surface area contributed by atoms with E-state index in [2.05, 4.69) is 32.1 Å². The van der Waals surface area contributed by atoms with E-state index in [1.165, 1.54) is 103 Å². The molecule has 0 bridgehead atoms. The van der Waals surface area contributed by atoms with Gasteiger partial charge in [0, 0.05) is 0 Å². The normalized spacial score (nSPS) is 27.6. The Kier molecular flexibility index (Phi) is 10.6. The second-order valence-corrected chi connectivity index (χ2v) is 8.84. The van der Waals surface area contributed by atoms with Crippen LogP contribution >= 0.6 is 0 Å². The summed E-state index contributed by atoms with van der Waals surface area (Å²) in [6.07, 6.45) is 30.3. The van der Waals surface area contributed by atoms with E-state index >= 15 is 0 Å². The monoisotopic (exact) mass is 344 g/mol. The molecule has 0 saturated heterocycles. The molecule has 0 radical (unpaired) electrons. The molecule has 0 aromatic carbocycles. The predicted molar refractivity (Wildman–Crippen MR) is 113 cm³/mol. The zero-order valence-corrected chi connectivity index (χ0v) is 17.3. The first-order valence-corrected chi connectivity index (χ1v) is 11.6. The Balaban J connectivity index is 1.56. The van der Waals surface area contributed by atoms with E-state index in [0.717, 1.165) is 17.8 Å². The van der Waals surface area contributed by atoms with Gasteiger partial charge in [-0.15, -0.1) is 0 Å². The summed E-state index contributed by atoms with van der Waals surface area (Å²) in [7, 11) is 0. The van der Waals surface area contributed by atoms with Gasteiger partial charge in [-0.3, -0.25) is 0 Å². The number of hydrogen-bond acceptors (Lipinski definition) is 0. The minimum Gasteiger partial charge on any atom is -0.0917 e. The van der Waals surface area contributed by atoms with Gasteiger partial charge in [-0.25, -0.2) is 0 Å². The highest BCUT2D eigenvalue weighted by Gasteiger charge is 2.28. The van der Waals surface area contributed by atoms with Crippen molar-refractivity contribution >= 4 is 0 Å². The molecule has 2 aliphatic rings. The summed E-state index contributed by atoms with van der Waals surface area (Å²) in [4.78, 5) is 0. The SMILES string of the molecule is CC=CCCC1=CCC(C2CCC(CCCCCCCC)CC2)CC1. The first kappa shape index (κ1) is 20.8. The molecule has 2 rings (SSSR count). The average Bonchev–Trinajstić information content (AvgIpc) is 2.66. The second-order valence-electron chi connectivity index (χ2n) is 8.84. The third-order valence-corrected chi connectivity index (χ3v) is 6.94. The van der Waals surface area contributed by atoms with Crippen molar-refractivity contribution in [2.45, 2.75) is 117 Å². The van der Waals surface area contributed by atoms with Gasteiger partial charge in [-0.1, -0.05) is 88.5 Å². The lowest BCUT2D eigenvalue weighted by molar-refractivity contribution is 0.185. The molecule has 1 unspecified atom stereocenters. The van der Waals surface area contributed by atoms with E-state index in [-0.39, 0.29) is 0 Å². The first-order chi connectivity index (χ1) is 12.3. The minimum atomic E-state index is 1.01. The summed E-state index contributed by atoms with van der Waals surface area (Å²) < 4.78 is 0. The molecule has 0 heterocycles. The van der Waals surface area contributed by atoms with Gasteiger partial charge in [0.05, 0.1) is 0 Å². The quantitative estimate of drug-likeness (QED) is 0.260. The average molecular weight is 345 g/mol. The van der Waals surface area contributed by atoms with Crippen molar-refractivity contribution in [3.63, 3.8) is 0 Å². The molecule has 1 saturated carbocycles. The van der Waals surface area contributed by atoms with Crippen molar-refractivity contribution in [1.29, 1.82) is 0 Å². The molecule has 0 N–H and O–H groups in total. The third-order valence-electron chi connectivity index (χ3n) is 6.94. The van der Waals surface area contributed by atoms with Crippen LogP contribution in [0.2, 0.25) is 0 Å². The summed E-state index contributed by atoms with van der Waals surface area (Å²) in [5, 5.41) is 0. The van der Waals surface area contributed by atoms with Gasteiger partial charge < -0.3 is 0 Å². The van der Waals surface area contributed by atoms with Gasteiger partial charge in [0.25, 0.3) is 0 Å². The van der Waals surface area contributed by atoms with Gasteiger partial charge in [0.1, 0.15) is 0 Å². The van der Waals surface area contributed by atoms with Crippen LogP contribution in [0, 0.1) is 17.8 Å². The number of allylic oxidation sites excluding steroid dienone is 4. The zero-order chi connectivity index (χ0) is 17.7. The molecule has 0 aliphatic heterocycles. The van der Waals surface area contributed by atoms with Crippen molar-refractivity contribution in [3.05, 3.63) is 23.8 Å². The molecule has 1 fully saturated rings. The van der Waals surface area contributed by atoms with Crippen LogP contribution in [0.1, 0.15) is 117 Å². The lowest BCUT2D eigenvalue weighted by Gasteiger charge is -2.35. The van der Waals surface area contributed by atoms with E-state index in [4.69, 9.17) is 0 Å². The van der Waals surface area contributed by atoms with Crippen molar-refractivity contribution in [1.82, 2.24) is 0 Å². The molecule has 0 heteroatoms. The van der Waals surface area contributed by atoms with Gasteiger partial charge in [-0.05, 0) is 69.6 Å². The molecule has 0 aromatic rings. The lowest BCUT2D eigenvalue weighted by Crippen LogP contribution is -2.23. The van der Waals surface area contributed by atoms with Crippen LogP contribution in [0.4, 0.5) is 0 Å². The lowest BCUT2D eigenvalue weighted by atomic mass is 9.70. The predicted octanol–water partition coefficient (Wildman–Crippen LogP) is 8.63. The molecule has 144 valence electrons. The highest BCUT2D eigenvalue weighted by Crippen LogP contribution is 2.41. The standard InChI is InChI=1S/C25H44/c1-3-5-7-8-9-11-13-23-16-20-25(21-17-23)24-18-14-22(15-19-24)12-10-6-4-2/h4,6,14,23-25H,3,5,7-13,15-21H2,1-2H3. The summed E-state index contributed by atoms with van der Waals surface area (Å²) in [5.41, 5.74) is 1.74. The van der Waals surface area contributed by atoms with E-state index in [9.17, 15) is 0 Å². The van der Waals surface area contributed by atoms with Gasteiger partial charge in [0.15, 0.2) is 0 Å².